The molecular formula is C15H25NO2. The fraction of sp³-hybridized carbons (Fsp3) is 0.600. The van der Waals surface area contributed by atoms with Crippen LogP contribution in [0.1, 0.15) is 31.4 Å². The zero-order valence-corrected chi connectivity index (χ0v) is 11.9. The summed E-state index contributed by atoms with van der Waals surface area (Å²) >= 11 is 0. The van der Waals surface area contributed by atoms with Crippen LogP contribution >= 0.6 is 0 Å². The van der Waals surface area contributed by atoms with Crippen molar-refractivity contribution >= 4 is 0 Å². The zero-order chi connectivity index (χ0) is 13.5. The molecule has 3 nitrogen and oxygen atoms in total. The largest absolute Gasteiger partial charge is 0.491 e. The van der Waals surface area contributed by atoms with Gasteiger partial charge in [-0.2, -0.15) is 0 Å². The maximum atomic E-state index is 9.81. The molecule has 0 aliphatic rings. The Morgan fingerprint density at radius 3 is 2.67 bits per heavy atom. The summed E-state index contributed by atoms with van der Waals surface area (Å²) in [7, 11) is 0. The maximum Gasteiger partial charge on any atom is 0.122 e. The van der Waals surface area contributed by atoms with Crippen LogP contribution in [0.5, 0.6) is 5.75 Å². The highest BCUT2D eigenvalue weighted by molar-refractivity contribution is 5.35. The lowest BCUT2D eigenvalue weighted by Crippen LogP contribution is -2.36. The normalized spacial score (nSPS) is 14.3. The van der Waals surface area contributed by atoms with E-state index in [1.54, 1.807) is 0 Å². The Morgan fingerprint density at radius 2 is 2.06 bits per heavy atom. The number of nitrogens with one attached hydrogen (secondary N) is 1. The molecule has 1 aromatic carbocycles. The van der Waals surface area contributed by atoms with Gasteiger partial charge in [-0.1, -0.05) is 24.6 Å². The van der Waals surface area contributed by atoms with E-state index in [0.29, 0.717) is 19.2 Å². The van der Waals surface area contributed by atoms with E-state index in [-0.39, 0.29) is 0 Å². The van der Waals surface area contributed by atoms with Gasteiger partial charge in [0.15, 0.2) is 0 Å². The smallest absolute Gasteiger partial charge is 0.122 e. The van der Waals surface area contributed by atoms with Crippen molar-refractivity contribution < 1.29 is 9.84 Å². The Balaban J connectivity index is 2.35. The highest BCUT2D eigenvalue weighted by Crippen LogP contribution is 2.18. The minimum Gasteiger partial charge on any atom is -0.491 e. The summed E-state index contributed by atoms with van der Waals surface area (Å²) in [6.07, 6.45) is 0.588. The zero-order valence-electron chi connectivity index (χ0n) is 11.9. The SMILES string of the molecule is CC[C@H](C)NC[C@H](O)COc1ccc(C)cc1C. The van der Waals surface area contributed by atoms with Crippen LogP contribution in [0.2, 0.25) is 0 Å². The summed E-state index contributed by atoms with van der Waals surface area (Å²) in [5.74, 6) is 0.850. The van der Waals surface area contributed by atoms with Gasteiger partial charge in [0.25, 0.3) is 0 Å². The van der Waals surface area contributed by atoms with Crippen molar-refractivity contribution in [3.05, 3.63) is 29.3 Å². The van der Waals surface area contributed by atoms with Crippen LogP contribution in [0.25, 0.3) is 0 Å². The van der Waals surface area contributed by atoms with E-state index in [9.17, 15) is 5.11 Å². The average Bonchev–Trinajstić information content (AvgIpc) is 2.34. The molecular weight excluding hydrogens is 226 g/mol. The second-order valence-corrected chi connectivity index (χ2v) is 4.95. The molecule has 0 aliphatic carbocycles. The molecule has 1 rings (SSSR count). The molecule has 0 fully saturated rings. The quantitative estimate of drug-likeness (QED) is 0.782. The highest BCUT2D eigenvalue weighted by atomic mass is 16.5. The number of ether oxygens (including phenoxy) is 1. The van der Waals surface area contributed by atoms with Gasteiger partial charge < -0.3 is 15.2 Å². The van der Waals surface area contributed by atoms with E-state index in [2.05, 4.69) is 32.2 Å². The summed E-state index contributed by atoms with van der Waals surface area (Å²) in [4.78, 5) is 0. The number of hydrogen-bond donors (Lipinski definition) is 2. The van der Waals surface area contributed by atoms with Gasteiger partial charge in [-0.3, -0.25) is 0 Å². The standard InChI is InChI=1S/C15H25NO2/c1-5-13(4)16-9-14(17)10-18-15-7-6-11(2)8-12(15)3/h6-8,13-14,16-17H,5,9-10H2,1-4H3/t13-,14-/m0/s1. The predicted molar refractivity (Wildman–Crippen MR) is 75.2 cm³/mol. The van der Waals surface area contributed by atoms with Crippen molar-refractivity contribution in [1.82, 2.24) is 5.32 Å². The van der Waals surface area contributed by atoms with Crippen molar-refractivity contribution in [1.29, 1.82) is 0 Å². The summed E-state index contributed by atoms with van der Waals surface area (Å²) < 4.78 is 5.63. The lowest BCUT2D eigenvalue weighted by Gasteiger charge is -2.17. The van der Waals surface area contributed by atoms with Crippen LogP contribution in [0.4, 0.5) is 0 Å². The molecule has 102 valence electrons. The molecule has 1 aromatic rings. The third-order valence-electron chi connectivity index (χ3n) is 3.08. The van der Waals surface area contributed by atoms with Crippen molar-refractivity contribution in [2.75, 3.05) is 13.2 Å². The number of rotatable bonds is 7. The van der Waals surface area contributed by atoms with Crippen LogP contribution in [-0.2, 0) is 0 Å². The summed E-state index contributed by atoms with van der Waals surface area (Å²) in [6, 6.07) is 6.49. The van der Waals surface area contributed by atoms with Crippen LogP contribution in [0.15, 0.2) is 18.2 Å². The fourth-order valence-corrected chi connectivity index (χ4v) is 1.69. The highest BCUT2D eigenvalue weighted by Gasteiger charge is 2.08. The molecule has 0 aromatic heterocycles. The maximum absolute atomic E-state index is 9.81. The first kappa shape index (κ1) is 15.0. The minimum absolute atomic E-state index is 0.327. The van der Waals surface area contributed by atoms with Gasteiger partial charge >= 0.3 is 0 Å². The molecule has 0 radical (unpaired) electrons. The van der Waals surface area contributed by atoms with Crippen molar-refractivity contribution in [2.24, 2.45) is 0 Å². The van der Waals surface area contributed by atoms with Gasteiger partial charge in [0.05, 0.1) is 0 Å². The molecule has 2 atom stereocenters. The Labute approximate surface area is 110 Å². The summed E-state index contributed by atoms with van der Waals surface area (Å²) in [5, 5.41) is 13.1. The molecule has 0 amide bonds. The number of aliphatic hydroxyl groups excluding tert-OH is 1. The van der Waals surface area contributed by atoms with Gasteiger partial charge in [0.1, 0.15) is 18.5 Å². The molecule has 0 saturated heterocycles. The average molecular weight is 251 g/mol. The molecule has 0 aliphatic heterocycles. The van der Waals surface area contributed by atoms with E-state index in [4.69, 9.17) is 4.74 Å². The van der Waals surface area contributed by atoms with E-state index in [0.717, 1.165) is 17.7 Å². The Bertz CT molecular complexity index is 366. The molecule has 0 saturated carbocycles. The molecule has 0 heterocycles. The van der Waals surface area contributed by atoms with E-state index in [1.165, 1.54) is 5.56 Å². The Morgan fingerprint density at radius 1 is 1.33 bits per heavy atom. The van der Waals surface area contributed by atoms with Crippen molar-refractivity contribution in [2.45, 2.75) is 46.3 Å². The van der Waals surface area contributed by atoms with E-state index >= 15 is 0 Å². The number of hydrogen-bond acceptors (Lipinski definition) is 3. The molecule has 18 heavy (non-hydrogen) atoms. The van der Waals surface area contributed by atoms with Crippen molar-refractivity contribution in [3.63, 3.8) is 0 Å². The third kappa shape index (κ3) is 5.07. The minimum atomic E-state index is -0.472. The Kier molecular flexibility index (Phi) is 6.16. The topological polar surface area (TPSA) is 41.5 Å². The molecule has 0 bridgehead atoms. The number of aryl methyl sites for hydroxylation is 2. The van der Waals surface area contributed by atoms with Gasteiger partial charge in [-0.15, -0.1) is 0 Å². The van der Waals surface area contributed by atoms with Gasteiger partial charge in [-0.25, -0.2) is 0 Å². The summed E-state index contributed by atoms with van der Waals surface area (Å²) in [6.45, 7) is 9.20. The van der Waals surface area contributed by atoms with Crippen LogP contribution in [0.3, 0.4) is 0 Å². The fourth-order valence-electron chi connectivity index (χ4n) is 1.69. The number of benzene rings is 1. The molecule has 0 spiro atoms. The van der Waals surface area contributed by atoms with Gasteiger partial charge in [-0.05, 0) is 38.8 Å². The first-order valence-electron chi connectivity index (χ1n) is 6.64. The third-order valence-corrected chi connectivity index (χ3v) is 3.08. The van der Waals surface area contributed by atoms with E-state index in [1.807, 2.05) is 19.1 Å². The van der Waals surface area contributed by atoms with Crippen LogP contribution in [0, 0.1) is 13.8 Å². The van der Waals surface area contributed by atoms with Gasteiger partial charge in [0, 0.05) is 12.6 Å². The van der Waals surface area contributed by atoms with Crippen LogP contribution < -0.4 is 10.1 Å². The second kappa shape index (κ2) is 7.39. The first-order valence-corrected chi connectivity index (χ1v) is 6.64. The second-order valence-electron chi connectivity index (χ2n) is 4.95. The predicted octanol–water partition coefficient (Wildman–Crippen LogP) is 2.43. The lowest BCUT2D eigenvalue weighted by atomic mass is 10.1. The lowest BCUT2D eigenvalue weighted by molar-refractivity contribution is 0.103. The Hall–Kier alpha value is -1.06. The monoisotopic (exact) mass is 251 g/mol. The van der Waals surface area contributed by atoms with Crippen molar-refractivity contribution in [3.8, 4) is 5.75 Å². The summed E-state index contributed by atoms with van der Waals surface area (Å²) in [5.41, 5.74) is 2.33. The molecule has 2 N–H and O–H groups in total. The molecule has 3 heteroatoms. The van der Waals surface area contributed by atoms with Crippen LogP contribution in [-0.4, -0.2) is 30.4 Å². The number of aliphatic hydroxyl groups is 1. The van der Waals surface area contributed by atoms with E-state index < -0.39 is 6.10 Å². The first-order chi connectivity index (χ1) is 8.52. The molecule has 0 unspecified atom stereocenters. The van der Waals surface area contributed by atoms with Gasteiger partial charge in [0.2, 0.25) is 0 Å².